The molecule has 2 N–H and O–H groups in total. The van der Waals surface area contributed by atoms with E-state index in [1.54, 1.807) is 13.0 Å². The number of hydrogen-bond acceptors (Lipinski definition) is 3. The maximum Gasteiger partial charge on any atom is 0.235 e. The van der Waals surface area contributed by atoms with Crippen LogP contribution in [0.3, 0.4) is 0 Å². The zero-order chi connectivity index (χ0) is 14.8. The van der Waals surface area contributed by atoms with Crippen LogP contribution in [0.15, 0.2) is 24.3 Å². The maximum atomic E-state index is 11.3. The molecular formula is C14H17Cl2NO3. The summed E-state index contributed by atoms with van der Waals surface area (Å²) in [6.45, 7) is 2.31. The summed E-state index contributed by atoms with van der Waals surface area (Å²) >= 11 is 12.3. The number of primary amides is 1. The quantitative estimate of drug-likeness (QED) is 0.868. The molecule has 1 amide bonds. The molecule has 1 fully saturated rings. The second-order valence-corrected chi connectivity index (χ2v) is 5.79. The summed E-state index contributed by atoms with van der Waals surface area (Å²) < 4.78 is 11.4. The third kappa shape index (κ3) is 3.26. The van der Waals surface area contributed by atoms with Gasteiger partial charge in [-0.05, 0) is 13.0 Å². The van der Waals surface area contributed by atoms with Crippen LogP contribution in [0.25, 0.3) is 0 Å². The Hall–Kier alpha value is -0.810. The minimum absolute atomic E-state index is 0.265. The van der Waals surface area contributed by atoms with E-state index in [1.807, 2.05) is 18.2 Å². The van der Waals surface area contributed by atoms with E-state index >= 15 is 0 Å². The van der Waals surface area contributed by atoms with Crippen molar-refractivity contribution in [2.24, 2.45) is 5.73 Å². The molecule has 1 aliphatic rings. The largest absolute Gasteiger partial charge is 0.368 e. The van der Waals surface area contributed by atoms with Gasteiger partial charge in [-0.25, -0.2) is 0 Å². The summed E-state index contributed by atoms with van der Waals surface area (Å²) in [7, 11) is 0. The van der Waals surface area contributed by atoms with Crippen LogP contribution in [0.5, 0.6) is 0 Å². The number of benzene rings is 1. The number of amides is 1. The molecular weight excluding hydrogens is 301 g/mol. The summed E-state index contributed by atoms with van der Waals surface area (Å²) in [5.41, 5.74) is 5.33. The van der Waals surface area contributed by atoms with Crippen LogP contribution in [0.1, 0.15) is 25.3 Å². The number of carbonyl (C=O) groups excluding carboxylic acids is 1. The molecule has 0 spiro atoms. The van der Waals surface area contributed by atoms with Gasteiger partial charge >= 0.3 is 0 Å². The van der Waals surface area contributed by atoms with Crippen molar-refractivity contribution in [2.75, 3.05) is 6.61 Å². The molecule has 1 aliphatic heterocycles. The average molecular weight is 318 g/mol. The standard InChI is InChI=1S/C14H17Cl2NO3/c1-9-19-7-6-14(20-9,8-12(16)13(17)18)10-4-2-3-5-11(10)15/h2-5,9,12H,6-8H2,1H3,(H2,17,18). The number of hydrogen-bond donors (Lipinski definition) is 1. The van der Waals surface area contributed by atoms with E-state index in [-0.39, 0.29) is 6.42 Å². The predicted molar refractivity (Wildman–Crippen MR) is 77.7 cm³/mol. The lowest BCUT2D eigenvalue weighted by atomic mass is 9.85. The minimum atomic E-state index is -0.823. The van der Waals surface area contributed by atoms with Crippen molar-refractivity contribution in [3.8, 4) is 0 Å². The number of ether oxygens (including phenoxy) is 2. The number of carbonyl (C=O) groups is 1. The smallest absolute Gasteiger partial charge is 0.235 e. The first kappa shape index (κ1) is 15.6. The van der Waals surface area contributed by atoms with Gasteiger partial charge in [0.15, 0.2) is 6.29 Å². The Kier molecular flexibility index (Phi) is 4.91. The van der Waals surface area contributed by atoms with Crippen LogP contribution < -0.4 is 5.73 Å². The van der Waals surface area contributed by atoms with E-state index in [2.05, 4.69) is 0 Å². The SMILES string of the molecule is CC1OCCC(CC(Cl)C(N)=O)(c2ccccc2Cl)O1. The molecule has 0 bridgehead atoms. The number of rotatable bonds is 4. The van der Waals surface area contributed by atoms with Crippen molar-refractivity contribution in [2.45, 2.75) is 37.0 Å². The molecule has 6 heteroatoms. The molecule has 4 nitrogen and oxygen atoms in total. The van der Waals surface area contributed by atoms with E-state index in [1.165, 1.54) is 0 Å². The van der Waals surface area contributed by atoms with Gasteiger partial charge in [0, 0.05) is 23.4 Å². The molecule has 1 heterocycles. The fraction of sp³-hybridized carbons (Fsp3) is 0.500. The summed E-state index contributed by atoms with van der Waals surface area (Å²) in [5.74, 6) is -0.569. The minimum Gasteiger partial charge on any atom is -0.368 e. The highest BCUT2D eigenvalue weighted by Gasteiger charge is 2.42. The highest BCUT2D eigenvalue weighted by molar-refractivity contribution is 6.31. The molecule has 3 atom stereocenters. The summed E-state index contributed by atoms with van der Waals surface area (Å²) in [6, 6.07) is 7.38. The molecule has 110 valence electrons. The first-order chi connectivity index (χ1) is 9.44. The van der Waals surface area contributed by atoms with Crippen LogP contribution in [0, 0.1) is 0 Å². The Morgan fingerprint density at radius 2 is 2.25 bits per heavy atom. The first-order valence-corrected chi connectivity index (χ1v) is 7.24. The zero-order valence-corrected chi connectivity index (χ0v) is 12.7. The molecule has 2 rings (SSSR count). The van der Waals surface area contributed by atoms with Crippen molar-refractivity contribution < 1.29 is 14.3 Å². The van der Waals surface area contributed by atoms with Crippen LogP contribution in [0.4, 0.5) is 0 Å². The van der Waals surface area contributed by atoms with Crippen LogP contribution in [0.2, 0.25) is 5.02 Å². The van der Waals surface area contributed by atoms with E-state index < -0.39 is 23.2 Å². The van der Waals surface area contributed by atoms with Gasteiger partial charge in [0.25, 0.3) is 0 Å². The third-order valence-electron chi connectivity index (χ3n) is 3.43. The number of alkyl halides is 1. The van der Waals surface area contributed by atoms with Crippen LogP contribution in [-0.2, 0) is 19.9 Å². The van der Waals surface area contributed by atoms with Gasteiger partial charge < -0.3 is 15.2 Å². The van der Waals surface area contributed by atoms with E-state index in [4.69, 9.17) is 38.4 Å². The fourth-order valence-corrected chi connectivity index (χ4v) is 3.04. The normalized spacial score (nSPS) is 28.1. The Morgan fingerprint density at radius 3 is 2.85 bits per heavy atom. The van der Waals surface area contributed by atoms with Crippen molar-refractivity contribution >= 4 is 29.1 Å². The second-order valence-electron chi connectivity index (χ2n) is 4.85. The van der Waals surface area contributed by atoms with Gasteiger partial charge in [-0.3, -0.25) is 4.79 Å². The summed E-state index contributed by atoms with van der Waals surface area (Å²) in [5, 5.41) is -0.244. The lowest BCUT2D eigenvalue weighted by molar-refractivity contribution is -0.255. The molecule has 20 heavy (non-hydrogen) atoms. The van der Waals surface area contributed by atoms with Crippen molar-refractivity contribution in [1.29, 1.82) is 0 Å². The lowest BCUT2D eigenvalue weighted by Gasteiger charge is -2.41. The van der Waals surface area contributed by atoms with E-state index in [9.17, 15) is 4.79 Å². The van der Waals surface area contributed by atoms with Crippen molar-refractivity contribution in [3.05, 3.63) is 34.9 Å². The monoisotopic (exact) mass is 317 g/mol. The van der Waals surface area contributed by atoms with Crippen LogP contribution >= 0.6 is 23.2 Å². The van der Waals surface area contributed by atoms with Crippen molar-refractivity contribution in [3.63, 3.8) is 0 Å². The number of nitrogens with two attached hydrogens (primary N) is 1. The van der Waals surface area contributed by atoms with Gasteiger partial charge in [0.05, 0.1) is 6.61 Å². The van der Waals surface area contributed by atoms with Gasteiger partial charge in [-0.15, -0.1) is 11.6 Å². The Morgan fingerprint density at radius 1 is 1.55 bits per heavy atom. The van der Waals surface area contributed by atoms with E-state index in [0.717, 1.165) is 5.56 Å². The fourth-order valence-electron chi connectivity index (χ4n) is 2.48. The summed E-state index contributed by atoms with van der Waals surface area (Å²) in [6.07, 6.45) is 0.440. The zero-order valence-electron chi connectivity index (χ0n) is 11.1. The molecule has 1 saturated heterocycles. The Labute approximate surface area is 128 Å². The van der Waals surface area contributed by atoms with Gasteiger partial charge in [0.1, 0.15) is 11.0 Å². The molecule has 3 unspecified atom stereocenters. The third-order valence-corrected chi connectivity index (χ3v) is 4.13. The van der Waals surface area contributed by atoms with E-state index in [0.29, 0.717) is 18.1 Å². The Bertz CT molecular complexity index is 497. The van der Waals surface area contributed by atoms with Gasteiger partial charge in [-0.1, -0.05) is 29.8 Å². The van der Waals surface area contributed by atoms with Gasteiger partial charge in [-0.2, -0.15) is 0 Å². The molecule has 1 aromatic rings. The topological polar surface area (TPSA) is 61.5 Å². The summed E-state index contributed by atoms with van der Waals surface area (Å²) in [4.78, 5) is 11.3. The second kappa shape index (κ2) is 6.31. The van der Waals surface area contributed by atoms with Gasteiger partial charge in [0.2, 0.25) is 5.91 Å². The predicted octanol–water partition coefficient (Wildman–Crippen LogP) is 2.80. The maximum absolute atomic E-state index is 11.3. The van der Waals surface area contributed by atoms with Crippen molar-refractivity contribution in [1.82, 2.24) is 0 Å². The molecule has 1 aromatic carbocycles. The molecule has 0 saturated carbocycles. The average Bonchev–Trinajstić information content (AvgIpc) is 2.38. The highest BCUT2D eigenvalue weighted by Crippen LogP contribution is 2.42. The molecule has 0 aromatic heterocycles. The van der Waals surface area contributed by atoms with Crippen LogP contribution in [-0.4, -0.2) is 24.2 Å². The number of halogens is 2. The molecule has 0 radical (unpaired) electrons. The molecule has 0 aliphatic carbocycles. The highest BCUT2D eigenvalue weighted by atomic mass is 35.5. The lowest BCUT2D eigenvalue weighted by Crippen LogP contribution is -2.44. The first-order valence-electron chi connectivity index (χ1n) is 6.42. The Balaban J connectivity index is 2.38.